The Morgan fingerprint density at radius 2 is 1.79 bits per heavy atom. The smallest absolute Gasteiger partial charge is 0.417 e. The zero-order chi connectivity index (χ0) is 14.3. The summed E-state index contributed by atoms with van der Waals surface area (Å²) in [5.41, 5.74) is 4.49. The summed E-state index contributed by atoms with van der Waals surface area (Å²) in [6.45, 7) is 1.05. The lowest BCUT2D eigenvalue weighted by atomic mass is 10.2. The van der Waals surface area contributed by atoms with Crippen molar-refractivity contribution in [3.8, 4) is 5.75 Å². The summed E-state index contributed by atoms with van der Waals surface area (Å²) < 4.78 is 43.1. The number of unbranched alkanes of at least 4 members (excludes halogenated alkanes) is 3. The topological polar surface area (TPSA) is 35.2 Å². The number of hydrogen-bond donors (Lipinski definition) is 1. The van der Waals surface area contributed by atoms with Crippen LogP contribution >= 0.6 is 11.6 Å². The summed E-state index contributed by atoms with van der Waals surface area (Å²) in [5, 5.41) is -0.317. The highest BCUT2D eigenvalue weighted by Gasteiger charge is 2.33. The molecule has 0 aliphatic carbocycles. The van der Waals surface area contributed by atoms with Gasteiger partial charge in [0.2, 0.25) is 0 Å². The normalized spacial score (nSPS) is 11.6. The summed E-state index contributed by atoms with van der Waals surface area (Å²) in [5.74, 6) is 0.190. The summed E-state index contributed by atoms with van der Waals surface area (Å²) in [4.78, 5) is 0. The van der Waals surface area contributed by atoms with Crippen LogP contribution in [0.2, 0.25) is 5.02 Å². The van der Waals surface area contributed by atoms with E-state index in [1.54, 1.807) is 0 Å². The van der Waals surface area contributed by atoms with E-state index in [0.29, 0.717) is 13.2 Å². The fraction of sp³-hybridized carbons (Fsp3) is 0.538. The van der Waals surface area contributed by atoms with Crippen LogP contribution in [-0.2, 0) is 6.18 Å². The van der Waals surface area contributed by atoms with Crippen LogP contribution < -0.4 is 10.5 Å². The van der Waals surface area contributed by atoms with Gasteiger partial charge in [-0.15, -0.1) is 0 Å². The van der Waals surface area contributed by atoms with Gasteiger partial charge in [0.15, 0.2) is 0 Å². The second kappa shape index (κ2) is 7.60. The van der Waals surface area contributed by atoms with E-state index in [1.165, 1.54) is 12.1 Å². The molecule has 0 aliphatic heterocycles. The van der Waals surface area contributed by atoms with Gasteiger partial charge in [0.05, 0.1) is 17.2 Å². The van der Waals surface area contributed by atoms with Crippen LogP contribution in [0.5, 0.6) is 5.75 Å². The molecule has 108 valence electrons. The fourth-order valence-electron chi connectivity index (χ4n) is 1.60. The first-order valence-electron chi connectivity index (χ1n) is 6.15. The van der Waals surface area contributed by atoms with E-state index in [1.807, 2.05) is 0 Å². The largest absolute Gasteiger partial charge is 0.494 e. The summed E-state index contributed by atoms with van der Waals surface area (Å²) >= 11 is 5.51. The Bertz CT molecular complexity index is 396. The van der Waals surface area contributed by atoms with Crippen molar-refractivity contribution in [2.45, 2.75) is 31.9 Å². The number of benzene rings is 1. The number of alkyl halides is 3. The lowest BCUT2D eigenvalue weighted by Crippen LogP contribution is -2.07. The molecule has 0 saturated heterocycles. The number of nitrogens with two attached hydrogens (primary N) is 1. The molecule has 19 heavy (non-hydrogen) atoms. The first kappa shape index (κ1) is 16.1. The van der Waals surface area contributed by atoms with E-state index in [2.05, 4.69) is 0 Å². The maximum absolute atomic E-state index is 12.6. The van der Waals surface area contributed by atoms with Crippen molar-refractivity contribution in [1.82, 2.24) is 0 Å². The van der Waals surface area contributed by atoms with Crippen LogP contribution in [-0.4, -0.2) is 13.2 Å². The van der Waals surface area contributed by atoms with Crippen molar-refractivity contribution < 1.29 is 17.9 Å². The third-order valence-electron chi connectivity index (χ3n) is 2.61. The Hall–Kier alpha value is -0.940. The molecule has 0 aliphatic rings. The number of hydrogen-bond acceptors (Lipinski definition) is 2. The molecule has 0 amide bonds. The van der Waals surface area contributed by atoms with E-state index < -0.39 is 11.7 Å². The molecule has 6 heteroatoms. The van der Waals surface area contributed by atoms with Gasteiger partial charge in [-0.25, -0.2) is 0 Å². The summed E-state index contributed by atoms with van der Waals surface area (Å²) in [6, 6.07) is 3.58. The summed E-state index contributed by atoms with van der Waals surface area (Å²) in [6.07, 6.45) is -0.744. The fourth-order valence-corrected chi connectivity index (χ4v) is 1.83. The molecule has 2 nitrogen and oxygen atoms in total. The van der Waals surface area contributed by atoms with Crippen molar-refractivity contribution in [1.29, 1.82) is 0 Å². The molecule has 0 radical (unpaired) electrons. The Balaban J connectivity index is 2.47. The van der Waals surface area contributed by atoms with Crippen molar-refractivity contribution in [2.24, 2.45) is 5.73 Å². The average molecular weight is 296 g/mol. The van der Waals surface area contributed by atoms with E-state index in [0.717, 1.165) is 31.7 Å². The molecule has 2 N–H and O–H groups in total. The Morgan fingerprint density at radius 1 is 1.11 bits per heavy atom. The molecule has 0 saturated carbocycles. The predicted octanol–water partition coefficient (Wildman–Crippen LogP) is 4.26. The molecule has 0 unspecified atom stereocenters. The first-order chi connectivity index (χ1) is 8.95. The molecule has 1 aromatic carbocycles. The third kappa shape index (κ3) is 5.70. The van der Waals surface area contributed by atoms with Crippen LogP contribution in [0.3, 0.4) is 0 Å². The maximum Gasteiger partial charge on any atom is 0.417 e. The van der Waals surface area contributed by atoms with E-state index in [-0.39, 0.29) is 10.8 Å². The second-order valence-electron chi connectivity index (χ2n) is 4.19. The molecular weight excluding hydrogens is 279 g/mol. The number of halogens is 4. The molecule has 0 spiro atoms. The number of ether oxygens (including phenoxy) is 1. The number of rotatable bonds is 7. The van der Waals surface area contributed by atoms with Crippen LogP contribution in [0.1, 0.15) is 31.2 Å². The highest BCUT2D eigenvalue weighted by molar-refractivity contribution is 6.31. The van der Waals surface area contributed by atoms with Gasteiger partial charge in [-0.2, -0.15) is 13.2 Å². The van der Waals surface area contributed by atoms with Crippen molar-refractivity contribution in [2.75, 3.05) is 13.2 Å². The first-order valence-corrected chi connectivity index (χ1v) is 6.52. The van der Waals surface area contributed by atoms with Gasteiger partial charge in [0.25, 0.3) is 0 Å². The van der Waals surface area contributed by atoms with E-state index in [9.17, 15) is 13.2 Å². The second-order valence-corrected chi connectivity index (χ2v) is 4.60. The standard InChI is InChI=1S/C13H17ClF3NO/c14-12-6-5-10(9-11(12)13(15,16)17)19-8-4-2-1-3-7-18/h5-6,9H,1-4,7-8,18H2. The zero-order valence-corrected chi connectivity index (χ0v) is 11.2. The minimum atomic E-state index is -4.46. The van der Waals surface area contributed by atoms with Gasteiger partial charge in [-0.05, 0) is 37.6 Å². The quantitative estimate of drug-likeness (QED) is 0.763. The highest BCUT2D eigenvalue weighted by atomic mass is 35.5. The third-order valence-corrected chi connectivity index (χ3v) is 2.94. The molecule has 0 atom stereocenters. The van der Waals surface area contributed by atoms with E-state index >= 15 is 0 Å². The van der Waals surface area contributed by atoms with Gasteiger partial charge in [0, 0.05) is 0 Å². The Labute approximate surface area is 115 Å². The Kier molecular flexibility index (Phi) is 6.45. The molecule has 0 bridgehead atoms. The van der Waals surface area contributed by atoms with Gasteiger partial charge in [-0.3, -0.25) is 0 Å². The zero-order valence-electron chi connectivity index (χ0n) is 10.5. The monoisotopic (exact) mass is 295 g/mol. The molecular formula is C13H17ClF3NO. The van der Waals surface area contributed by atoms with Crippen molar-refractivity contribution in [3.63, 3.8) is 0 Å². The summed E-state index contributed by atoms with van der Waals surface area (Å²) in [7, 11) is 0. The van der Waals surface area contributed by atoms with Crippen LogP contribution in [0.15, 0.2) is 18.2 Å². The van der Waals surface area contributed by atoms with Gasteiger partial charge in [0.1, 0.15) is 5.75 Å². The lowest BCUT2D eigenvalue weighted by Gasteiger charge is -2.12. The van der Waals surface area contributed by atoms with Crippen LogP contribution in [0.25, 0.3) is 0 Å². The lowest BCUT2D eigenvalue weighted by molar-refractivity contribution is -0.137. The molecule has 0 heterocycles. The minimum Gasteiger partial charge on any atom is -0.494 e. The highest BCUT2D eigenvalue weighted by Crippen LogP contribution is 2.36. The van der Waals surface area contributed by atoms with Gasteiger partial charge >= 0.3 is 6.18 Å². The van der Waals surface area contributed by atoms with Crippen LogP contribution in [0.4, 0.5) is 13.2 Å². The minimum absolute atomic E-state index is 0.190. The molecule has 1 aromatic rings. The van der Waals surface area contributed by atoms with Gasteiger partial charge < -0.3 is 10.5 Å². The SMILES string of the molecule is NCCCCCCOc1ccc(Cl)c(C(F)(F)F)c1. The predicted molar refractivity (Wildman–Crippen MR) is 69.5 cm³/mol. The molecule has 0 fully saturated rings. The van der Waals surface area contributed by atoms with Crippen molar-refractivity contribution in [3.05, 3.63) is 28.8 Å². The average Bonchev–Trinajstić information content (AvgIpc) is 2.34. The van der Waals surface area contributed by atoms with E-state index in [4.69, 9.17) is 22.1 Å². The molecule has 1 rings (SSSR count). The maximum atomic E-state index is 12.6. The van der Waals surface area contributed by atoms with Crippen molar-refractivity contribution >= 4 is 11.6 Å². The van der Waals surface area contributed by atoms with Gasteiger partial charge in [-0.1, -0.05) is 24.4 Å². The molecule has 0 aromatic heterocycles. The Morgan fingerprint density at radius 3 is 2.42 bits per heavy atom. The van der Waals surface area contributed by atoms with Crippen LogP contribution in [0, 0.1) is 0 Å².